The number of nitro groups is 1. The van der Waals surface area contributed by atoms with Crippen LogP contribution in [0.25, 0.3) is 0 Å². The molecule has 1 aromatic carbocycles. The number of H-pyrrole nitrogens is 1. The third-order valence-corrected chi connectivity index (χ3v) is 2.68. The van der Waals surface area contributed by atoms with Gasteiger partial charge in [0.2, 0.25) is 0 Å². The van der Waals surface area contributed by atoms with Gasteiger partial charge in [-0.05, 0) is 6.07 Å². The lowest BCUT2D eigenvalue weighted by atomic mass is 10.1. The van der Waals surface area contributed by atoms with Crippen LogP contribution in [-0.2, 0) is 6.54 Å². The molecule has 4 N–H and O–H groups in total. The van der Waals surface area contributed by atoms with Crippen LogP contribution < -0.4 is 11.1 Å². The minimum absolute atomic E-state index is 0.0133. The number of carbonyl (C=O) groups excluding carboxylic acids is 1. The second-order valence-corrected chi connectivity index (χ2v) is 4.07. The van der Waals surface area contributed by atoms with Gasteiger partial charge in [-0.2, -0.15) is 5.21 Å². The molecular formula is C9H8ClN7O3. The highest BCUT2D eigenvalue weighted by atomic mass is 35.5. The molecule has 1 heterocycles. The van der Waals surface area contributed by atoms with E-state index in [1.54, 1.807) is 0 Å². The Morgan fingerprint density at radius 3 is 2.90 bits per heavy atom. The van der Waals surface area contributed by atoms with E-state index in [-0.39, 0.29) is 28.6 Å². The van der Waals surface area contributed by atoms with Crippen molar-refractivity contribution in [3.8, 4) is 0 Å². The number of nitrogens with one attached hydrogen (secondary N) is 2. The monoisotopic (exact) mass is 297 g/mol. The van der Waals surface area contributed by atoms with E-state index in [1.165, 1.54) is 6.07 Å². The lowest BCUT2D eigenvalue weighted by molar-refractivity contribution is -0.383. The molecule has 0 aliphatic carbocycles. The Hall–Kier alpha value is -2.75. The summed E-state index contributed by atoms with van der Waals surface area (Å²) in [5.74, 6) is -0.297. The minimum atomic E-state index is -0.711. The van der Waals surface area contributed by atoms with E-state index in [2.05, 4.69) is 25.9 Å². The third kappa shape index (κ3) is 2.80. The van der Waals surface area contributed by atoms with Crippen molar-refractivity contribution in [3.63, 3.8) is 0 Å². The van der Waals surface area contributed by atoms with Gasteiger partial charge in [0.25, 0.3) is 11.6 Å². The van der Waals surface area contributed by atoms with Gasteiger partial charge in [-0.1, -0.05) is 16.8 Å². The lowest BCUT2D eigenvalue weighted by Crippen LogP contribution is -2.23. The molecule has 0 aliphatic heterocycles. The Kier molecular flexibility index (Phi) is 3.75. The zero-order valence-corrected chi connectivity index (χ0v) is 10.6. The average Bonchev–Trinajstić information content (AvgIpc) is 2.91. The van der Waals surface area contributed by atoms with Gasteiger partial charge in [0.05, 0.1) is 16.5 Å². The SMILES string of the molecule is Nc1c(Cl)cc(C(=O)NCc2nn[nH]n2)cc1[N+](=O)[O-]. The Morgan fingerprint density at radius 2 is 2.30 bits per heavy atom. The first-order valence-corrected chi connectivity index (χ1v) is 5.60. The Morgan fingerprint density at radius 1 is 1.55 bits per heavy atom. The number of anilines is 1. The molecule has 0 atom stereocenters. The molecule has 20 heavy (non-hydrogen) atoms. The fraction of sp³-hybridized carbons (Fsp3) is 0.111. The van der Waals surface area contributed by atoms with Gasteiger partial charge in [-0.15, -0.1) is 10.2 Å². The maximum absolute atomic E-state index is 11.9. The third-order valence-electron chi connectivity index (χ3n) is 2.36. The van der Waals surface area contributed by atoms with Crippen LogP contribution in [0.15, 0.2) is 12.1 Å². The summed E-state index contributed by atoms with van der Waals surface area (Å²) in [6.07, 6.45) is 0. The summed E-state index contributed by atoms with van der Waals surface area (Å²) in [4.78, 5) is 21.9. The molecule has 1 amide bonds. The highest BCUT2D eigenvalue weighted by Gasteiger charge is 2.19. The summed E-state index contributed by atoms with van der Waals surface area (Å²) >= 11 is 5.76. The quantitative estimate of drug-likeness (QED) is 0.416. The number of aromatic amines is 1. The second kappa shape index (κ2) is 5.48. The number of nitrogens with two attached hydrogens (primary N) is 1. The van der Waals surface area contributed by atoms with Gasteiger partial charge < -0.3 is 11.1 Å². The van der Waals surface area contributed by atoms with Crippen molar-refractivity contribution in [1.82, 2.24) is 25.9 Å². The molecule has 0 spiro atoms. The van der Waals surface area contributed by atoms with E-state index in [9.17, 15) is 14.9 Å². The smallest absolute Gasteiger partial charge is 0.294 e. The Labute approximate surface area is 116 Å². The fourth-order valence-corrected chi connectivity index (χ4v) is 1.62. The van der Waals surface area contributed by atoms with Gasteiger partial charge in [0.15, 0.2) is 5.82 Å². The summed E-state index contributed by atoms with van der Waals surface area (Å²) in [5.41, 5.74) is 4.86. The highest BCUT2D eigenvalue weighted by Crippen LogP contribution is 2.30. The van der Waals surface area contributed by atoms with Gasteiger partial charge in [-0.3, -0.25) is 14.9 Å². The number of halogens is 1. The second-order valence-electron chi connectivity index (χ2n) is 3.66. The molecule has 0 radical (unpaired) electrons. The van der Waals surface area contributed by atoms with Crippen molar-refractivity contribution in [1.29, 1.82) is 0 Å². The van der Waals surface area contributed by atoms with Crippen LogP contribution in [-0.4, -0.2) is 31.5 Å². The van der Waals surface area contributed by atoms with Crippen molar-refractivity contribution < 1.29 is 9.72 Å². The largest absolute Gasteiger partial charge is 0.392 e. The molecule has 0 saturated carbocycles. The van der Waals surface area contributed by atoms with Crippen molar-refractivity contribution in [2.24, 2.45) is 0 Å². The van der Waals surface area contributed by atoms with Crippen LogP contribution in [0.3, 0.4) is 0 Å². The average molecular weight is 298 g/mol. The van der Waals surface area contributed by atoms with Gasteiger partial charge in [0.1, 0.15) is 5.69 Å². The number of nitro benzene ring substituents is 1. The molecular weight excluding hydrogens is 290 g/mol. The molecule has 2 rings (SSSR count). The number of nitrogens with zero attached hydrogens (tertiary/aromatic N) is 4. The molecule has 10 nitrogen and oxygen atoms in total. The van der Waals surface area contributed by atoms with Crippen LogP contribution >= 0.6 is 11.6 Å². The number of nitrogen functional groups attached to an aromatic ring is 1. The predicted octanol–water partition coefficient (Wildman–Crippen LogP) is 0.273. The molecule has 1 aromatic heterocycles. The standard InChI is InChI=1S/C9H8ClN7O3/c10-5-1-4(2-6(8(5)11)17(19)20)9(18)12-3-7-13-15-16-14-7/h1-2H,3,11H2,(H,12,18)(H,13,14,15,16). The fourth-order valence-electron chi connectivity index (χ4n) is 1.40. The molecule has 0 saturated heterocycles. The Bertz CT molecular complexity index is 658. The van der Waals surface area contributed by atoms with Crippen molar-refractivity contribution >= 4 is 28.9 Å². The number of aromatic nitrogens is 4. The minimum Gasteiger partial charge on any atom is -0.392 e. The molecule has 104 valence electrons. The lowest BCUT2D eigenvalue weighted by Gasteiger charge is -2.05. The Balaban J connectivity index is 2.19. The van der Waals surface area contributed by atoms with Crippen molar-refractivity contribution in [2.45, 2.75) is 6.54 Å². The summed E-state index contributed by atoms with van der Waals surface area (Å²) < 4.78 is 0. The molecule has 2 aromatic rings. The van der Waals surface area contributed by atoms with E-state index in [1.807, 2.05) is 0 Å². The van der Waals surface area contributed by atoms with Crippen LogP contribution in [0.5, 0.6) is 0 Å². The predicted molar refractivity (Wildman–Crippen MR) is 67.9 cm³/mol. The van der Waals surface area contributed by atoms with E-state index in [0.29, 0.717) is 0 Å². The summed E-state index contributed by atoms with van der Waals surface area (Å²) in [6, 6.07) is 2.29. The topological polar surface area (TPSA) is 153 Å². The number of rotatable bonds is 4. The van der Waals surface area contributed by atoms with Gasteiger partial charge in [-0.25, -0.2) is 0 Å². The van der Waals surface area contributed by atoms with Crippen molar-refractivity contribution in [2.75, 3.05) is 5.73 Å². The first kappa shape index (κ1) is 13.7. The van der Waals surface area contributed by atoms with Gasteiger partial charge >= 0.3 is 0 Å². The van der Waals surface area contributed by atoms with Crippen LogP contribution in [0.4, 0.5) is 11.4 Å². The molecule has 0 aliphatic rings. The maximum atomic E-state index is 11.9. The number of amides is 1. The first-order valence-electron chi connectivity index (χ1n) is 5.23. The number of hydrogen-bond donors (Lipinski definition) is 3. The van der Waals surface area contributed by atoms with Crippen LogP contribution in [0, 0.1) is 10.1 Å². The van der Waals surface area contributed by atoms with Crippen LogP contribution in [0.1, 0.15) is 16.2 Å². The normalized spacial score (nSPS) is 10.2. The zero-order chi connectivity index (χ0) is 14.7. The van der Waals surface area contributed by atoms with E-state index >= 15 is 0 Å². The number of tetrazole rings is 1. The summed E-state index contributed by atoms with van der Waals surface area (Å²) in [6.45, 7) is 0.0190. The molecule has 11 heteroatoms. The number of benzene rings is 1. The maximum Gasteiger partial charge on any atom is 0.294 e. The van der Waals surface area contributed by atoms with Crippen molar-refractivity contribution in [3.05, 3.63) is 38.7 Å². The number of hydrogen-bond acceptors (Lipinski definition) is 7. The first-order chi connectivity index (χ1) is 9.49. The van der Waals surface area contributed by atoms with Crippen LogP contribution in [0.2, 0.25) is 5.02 Å². The highest BCUT2D eigenvalue weighted by molar-refractivity contribution is 6.34. The zero-order valence-electron chi connectivity index (χ0n) is 9.83. The molecule has 0 unspecified atom stereocenters. The molecule has 0 fully saturated rings. The van der Waals surface area contributed by atoms with E-state index in [4.69, 9.17) is 17.3 Å². The molecule has 0 bridgehead atoms. The van der Waals surface area contributed by atoms with E-state index < -0.39 is 16.5 Å². The number of carbonyl (C=O) groups is 1. The summed E-state index contributed by atoms with van der Waals surface area (Å²) in [5, 5.41) is 26.0. The van der Waals surface area contributed by atoms with Gasteiger partial charge in [0, 0.05) is 11.6 Å². The van der Waals surface area contributed by atoms with E-state index in [0.717, 1.165) is 6.07 Å². The summed E-state index contributed by atoms with van der Waals surface area (Å²) in [7, 11) is 0.